The minimum absolute atomic E-state index is 0.0886. The molecular weight excluding hydrogens is 296 g/mol. The van der Waals surface area contributed by atoms with Crippen LogP contribution < -0.4 is 10.6 Å². The van der Waals surface area contributed by atoms with Crippen molar-refractivity contribution in [2.24, 2.45) is 0 Å². The van der Waals surface area contributed by atoms with E-state index in [-0.39, 0.29) is 5.91 Å². The van der Waals surface area contributed by atoms with Crippen LogP contribution in [-0.2, 0) is 4.79 Å². The number of aromatic nitrogens is 2. The zero-order chi connectivity index (χ0) is 15.4. The van der Waals surface area contributed by atoms with Gasteiger partial charge in [-0.05, 0) is 24.3 Å². The lowest BCUT2D eigenvalue weighted by Crippen LogP contribution is -2.05. The number of carbonyl (C=O) groups is 1. The van der Waals surface area contributed by atoms with Crippen molar-refractivity contribution in [1.29, 1.82) is 0 Å². The normalized spacial score (nSPS) is 10.2. The fourth-order valence-electron chi connectivity index (χ4n) is 1.98. The van der Waals surface area contributed by atoms with Crippen molar-refractivity contribution in [3.8, 4) is 11.3 Å². The van der Waals surface area contributed by atoms with Gasteiger partial charge in [0, 0.05) is 29.8 Å². The molecule has 22 heavy (non-hydrogen) atoms. The molecule has 3 aromatic rings. The predicted molar refractivity (Wildman–Crippen MR) is 89.4 cm³/mol. The third-order valence-corrected chi connectivity index (χ3v) is 3.65. The van der Waals surface area contributed by atoms with Crippen LogP contribution >= 0.6 is 11.3 Å². The van der Waals surface area contributed by atoms with Gasteiger partial charge in [-0.15, -0.1) is 11.3 Å². The molecule has 0 aliphatic carbocycles. The number of nitrogens with zero attached hydrogens (tertiary/aromatic N) is 2. The van der Waals surface area contributed by atoms with E-state index in [4.69, 9.17) is 0 Å². The van der Waals surface area contributed by atoms with E-state index in [1.807, 2.05) is 41.8 Å². The van der Waals surface area contributed by atoms with Gasteiger partial charge in [0.15, 0.2) is 5.13 Å². The lowest BCUT2D eigenvalue weighted by molar-refractivity contribution is -0.114. The van der Waals surface area contributed by atoms with Crippen LogP contribution in [0.15, 0.2) is 54.2 Å². The first kappa shape index (κ1) is 14.2. The van der Waals surface area contributed by atoms with Crippen LogP contribution in [0, 0.1) is 0 Å². The fraction of sp³-hybridized carbons (Fsp3) is 0.0625. The van der Waals surface area contributed by atoms with Gasteiger partial charge < -0.3 is 10.6 Å². The van der Waals surface area contributed by atoms with Crippen molar-refractivity contribution in [3.63, 3.8) is 0 Å². The first-order chi connectivity index (χ1) is 10.7. The number of pyridine rings is 1. The summed E-state index contributed by atoms with van der Waals surface area (Å²) in [5, 5.41) is 8.77. The molecule has 1 aromatic carbocycles. The van der Waals surface area contributed by atoms with Crippen molar-refractivity contribution in [3.05, 3.63) is 54.2 Å². The Hall–Kier alpha value is -2.73. The van der Waals surface area contributed by atoms with Gasteiger partial charge in [-0.25, -0.2) is 4.98 Å². The molecule has 0 radical (unpaired) electrons. The summed E-state index contributed by atoms with van der Waals surface area (Å²) >= 11 is 1.52. The summed E-state index contributed by atoms with van der Waals surface area (Å²) in [6.07, 6.45) is 3.48. The summed E-state index contributed by atoms with van der Waals surface area (Å²) in [5.41, 5.74) is 3.49. The lowest BCUT2D eigenvalue weighted by Gasteiger charge is -2.04. The Balaban J connectivity index is 1.80. The van der Waals surface area contributed by atoms with E-state index in [9.17, 15) is 4.79 Å². The second-order valence-corrected chi connectivity index (χ2v) is 5.52. The Labute approximate surface area is 132 Å². The van der Waals surface area contributed by atoms with Gasteiger partial charge in [-0.2, -0.15) is 0 Å². The summed E-state index contributed by atoms with van der Waals surface area (Å²) in [6.45, 7) is 1.49. The van der Waals surface area contributed by atoms with Gasteiger partial charge in [0.05, 0.1) is 17.6 Å². The van der Waals surface area contributed by atoms with Crippen LogP contribution in [0.2, 0.25) is 0 Å². The second-order valence-electron chi connectivity index (χ2n) is 4.67. The Morgan fingerprint density at radius 2 is 2.05 bits per heavy atom. The molecule has 2 N–H and O–H groups in total. The molecule has 0 fully saturated rings. The summed E-state index contributed by atoms with van der Waals surface area (Å²) in [6, 6.07) is 11.4. The van der Waals surface area contributed by atoms with Crippen molar-refractivity contribution < 1.29 is 4.79 Å². The number of amides is 1. The molecule has 3 rings (SSSR count). The summed E-state index contributed by atoms with van der Waals surface area (Å²) < 4.78 is 0. The number of nitrogens with one attached hydrogen (secondary N) is 2. The molecule has 0 saturated heterocycles. The maximum atomic E-state index is 11.1. The molecule has 0 aliphatic rings. The van der Waals surface area contributed by atoms with Gasteiger partial charge in [-0.1, -0.05) is 12.1 Å². The first-order valence-electron chi connectivity index (χ1n) is 6.71. The van der Waals surface area contributed by atoms with Gasteiger partial charge in [-0.3, -0.25) is 9.78 Å². The monoisotopic (exact) mass is 310 g/mol. The lowest BCUT2D eigenvalue weighted by atomic mass is 10.1. The van der Waals surface area contributed by atoms with Gasteiger partial charge in [0.2, 0.25) is 5.91 Å². The highest BCUT2D eigenvalue weighted by Gasteiger charge is 2.06. The molecule has 2 aromatic heterocycles. The van der Waals surface area contributed by atoms with E-state index in [1.165, 1.54) is 18.3 Å². The maximum absolute atomic E-state index is 11.1. The Morgan fingerprint density at radius 1 is 1.18 bits per heavy atom. The number of anilines is 3. The van der Waals surface area contributed by atoms with Crippen LogP contribution in [0.25, 0.3) is 11.3 Å². The molecule has 0 atom stereocenters. The number of thiazole rings is 1. The fourth-order valence-corrected chi connectivity index (χ4v) is 2.72. The standard InChI is InChI=1S/C16H14N4OS/c1-11(21)18-13-5-2-4-12(8-13)15-10-22-16(20-15)19-14-6-3-7-17-9-14/h2-10H,1H3,(H,18,21)(H,19,20). The zero-order valence-electron chi connectivity index (χ0n) is 11.9. The zero-order valence-corrected chi connectivity index (χ0v) is 12.7. The average Bonchev–Trinajstić information content (AvgIpc) is 2.96. The van der Waals surface area contributed by atoms with Crippen molar-refractivity contribution >= 4 is 33.8 Å². The first-order valence-corrected chi connectivity index (χ1v) is 7.59. The van der Waals surface area contributed by atoms with Crippen LogP contribution in [0.3, 0.4) is 0 Å². The topological polar surface area (TPSA) is 66.9 Å². The molecule has 0 saturated carbocycles. The SMILES string of the molecule is CC(=O)Nc1cccc(-c2csc(Nc3cccnc3)n2)c1. The quantitative estimate of drug-likeness (QED) is 0.767. The molecular formula is C16H14N4OS. The maximum Gasteiger partial charge on any atom is 0.221 e. The van der Waals surface area contributed by atoms with Gasteiger partial charge in [0.1, 0.15) is 0 Å². The molecule has 0 spiro atoms. The van der Waals surface area contributed by atoms with Gasteiger partial charge in [0.25, 0.3) is 0 Å². The minimum atomic E-state index is -0.0886. The summed E-state index contributed by atoms with van der Waals surface area (Å²) in [7, 11) is 0. The van der Waals surface area contributed by atoms with E-state index < -0.39 is 0 Å². The van der Waals surface area contributed by atoms with Crippen LogP contribution in [0.1, 0.15) is 6.92 Å². The summed E-state index contributed by atoms with van der Waals surface area (Å²) in [4.78, 5) is 19.7. The molecule has 0 unspecified atom stereocenters. The highest BCUT2D eigenvalue weighted by Crippen LogP contribution is 2.28. The van der Waals surface area contributed by atoms with E-state index in [0.29, 0.717) is 0 Å². The number of carbonyl (C=O) groups excluding carboxylic acids is 1. The molecule has 1 amide bonds. The predicted octanol–water partition coefficient (Wildman–Crippen LogP) is 3.91. The summed E-state index contributed by atoms with van der Waals surface area (Å²) in [5.74, 6) is -0.0886. The Kier molecular flexibility index (Phi) is 4.11. The number of hydrogen-bond donors (Lipinski definition) is 2. The third kappa shape index (κ3) is 3.48. The Morgan fingerprint density at radius 3 is 2.82 bits per heavy atom. The molecule has 0 bridgehead atoms. The molecule has 5 nitrogen and oxygen atoms in total. The van der Waals surface area contributed by atoms with Gasteiger partial charge >= 0.3 is 0 Å². The van der Waals surface area contributed by atoms with Crippen molar-refractivity contribution in [2.75, 3.05) is 10.6 Å². The van der Waals surface area contributed by atoms with E-state index in [0.717, 1.165) is 27.8 Å². The second kappa shape index (κ2) is 6.36. The largest absolute Gasteiger partial charge is 0.330 e. The molecule has 2 heterocycles. The molecule has 0 aliphatic heterocycles. The molecule has 6 heteroatoms. The van der Waals surface area contributed by atoms with E-state index >= 15 is 0 Å². The van der Waals surface area contributed by atoms with Crippen molar-refractivity contribution in [2.45, 2.75) is 6.92 Å². The number of hydrogen-bond acceptors (Lipinski definition) is 5. The molecule has 110 valence electrons. The number of rotatable bonds is 4. The van der Waals surface area contributed by atoms with Crippen LogP contribution in [0.5, 0.6) is 0 Å². The van der Waals surface area contributed by atoms with Crippen molar-refractivity contribution in [1.82, 2.24) is 9.97 Å². The highest BCUT2D eigenvalue weighted by atomic mass is 32.1. The van der Waals surface area contributed by atoms with Crippen LogP contribution in [-0.4, -0.2) is 15.9 Å². The highest BCUT2D eigenvalue weighted by molar-refractivity contribution is 7.14. The Bertz CT molecular complexity index is 786. The minimum Gasteiger partial charge on any atom is -0.330 e. The van der Waals surface area contributed by atoms with E-state index in [2.05, 4.69) is 20.6 Å². The number of benzene rings is 1. The smallest absolute Gasteiger partial charge is 0.221 e. The third-order valence-electron chi connectivity index (χ3n) is 2.90. The van der Waals surface area contributed by atoms with E-state index in [1.54, 1.807) is 12.4 Å². The average molecular weight is 310 g/mol. The van der Waals surface area contributed by atoms with Crippen LogP contribution in [0.4, 0.5) is 16.5 Å².